The van der Waals surface area contributed by atoms with Crippen LogP contribution in [0.3, 0.4) is 0 Å². The van der Waals surface area contributed by atoms with E-state index in [1.165, 1.54) is 7.05 Å². The summed E-state index contributed by atoms with van der Waals surface area (Å²) in [6, 6.07) is 13.3. The van der Waals surface area contributed by atoms with Gasteiger partial charge in [0.2, 0.25) is 0 Å². The van der Waals surface area contributed by atoms with E-state index in [1.807, 2.05) is 13.8 Å². The van der Waals surface area contributed by atoms with Crippen molar-refractivity contribution in [3.8, 4) is 5.69 Å². The monoisotopic (exact) mass is 450 g/mol. The molecular weight excluding hydrogens is 432 g/mol. The SMILES string of the molecule is Cc1nn(-c2ccc(C(=O)NNC(=O)c3nn(C)c(=O)c4ccccc34)cc2)c(C)c1Cl. The third-order valence-corrected chi connectivity index (χ3v) is 5.59. The normalized spacial score (nSPS) is 10.9. The van der Waals surface area contributed by atoms with E-state index in [9.17, 15) is 14.4 Å². The summed E-state index contributed by atoms with van der Waals surface area (Å²) in [6.45, 7) is 3.68. The van der Waals surface area contributed by atoms with Gasteiger partial charge in [0, 0.05) is 18.0 Å². The van der Waals surface area contributed by atoms with Crippen molar-refractivity contribution in [1.29, 1.82) is 0 Å². The molecule has 0 aliphatic heterocycles. The van der Waals surface area contributed by atoms with E-state index < -0.39 is 11.8 Å². The second-order valence-corrected chi connectivity index (χ2v) is 7.55. The van der Waals surface area contributed by atoms with Gasteiger partial charge in [-0.15, -0.1) is 0 Å². The highest BCUT2D eigenvalue weighted by Crippen LogP contribution is 2.22. The average Bonchev–Trinajstić information content (AvgIpc) is 3.07. The molecule has 2 N–H and O–H groups in total. The number of aromatic nitrogens is 4. The van der Waals surface area contributed by atoms with Gasteiger partial charge in [-0.1, -0.05) is 29.8 Å². The molecule has 0 radical (unpaired) electrons. The van der Waals surface area contributed by atoms with Gasteiger partial charge < -0.3 is 0 Å². The van der Waals surface area contributed by atoms with Gasteiger partial charge in [-0.05, 0) is 44.2 Å². The van der Waals surface area contributed by atoms with Gasteiger partial charge in [0.25, 0.3) is 17.4 Å². The number of hydrogen-bond acceptors (Lipinski definition) is 5. The van der Waals surface area contributed by atoms with Crippen molar-refractivity contribution in [2.24, 2.45) is 7.05 Å². The van der Waals surface area contributed by atoms with Crippen LogP contribution in [0.15, 0.2) is 53.3 Å². The molecule has 2 aromatic carbocycles. The van der Waals surface area contributed by atoms with Crippen molar-refractivity contribution in [2.45, 2.75) is 13.8 Å². The minimum atomic E-state index is -0.640. The summed E-state index contributed by atoms with van der Waals surface area (Å²) >= 11 is 6.19. The molecule has 0 unspecified atom stereocenters. The molecule has 0 aliphatic carbocycles. The first-order valence-electron chi connectivity index (χ1n) is 9.67. The molecule has 0 saturated carbocycles. The predicted molar refractivity (Wildman–Crippen MR) is 120 cm³/mol. The number of carbonyl (C=O) groups is 2. The quantitative estimate of drug-likeness (QED) is 0.466. The molecule has 0 fully saturated rings. The summed E-state index contributed by atoms with van der Waals surface area (Å²) in [6.07, 6.45) is 0. The fraction of sp³-hybridized carbons (Fsp3) is 0.136. The third-order valence-electron chi connectivity index (χ3n) is 5.04. The van der Waals surface area contributed by atoms with Gasteiger partial charge in [-0.3, -0.25) is 25.2 Å². The van der Waals surface area contributed by atoms with E-state index in [2.05, 4.69) is 21.0 Å². The summed E-state index contributed by atoms with van der Waals surface area (Å²) in [7, 11) is 1.46. The fourth-order valence-electron chi connectivity index (χ4n) is 3.34. The number of rotatable bonds is 3. The smallest absolute Gasteiger partial charge is 0.267 e. The molecular formula is C22H19ClN6O3. The Labute approximate surface area is 187 Å². The van der Waals surface area contributed by atoms with E-state index in [0.29, 0.717) is 27.1 Å². The number of amides is 2. The van der Waals surface area contributed by atoms with Crippen molar-refractivity contribution in [1.82, 2.24) is 30.4 Å². The number of nitrogens with zero attached hydrogens (tertiary/aromatic N) is 4. The lowest BCUT2D eigenvalue weighted by Crippen LogP contribution is -2.42. The lowest BCUT2D eigenvalue weighted by molar-refractivity contribution is 0.0844. The van der Waals surface area contributed by atoms with E-state index in [0.717, 1.165) is 16.1 Å². The lowest BCUT2D eigenvalue weighted by atomic mass is 10.1. The van der Waals surface area contributed by atoms with E-state index in [-0.39, 0.29) is 11.3 Å². The molecule has 2 heterocycles. The van der Waals surface area contributed by atoms with Crippen LogP contribution in [0, 0.1) is 13.8 Å². The molecule has 0 spiro atoms. The summed E-state index contributed by atoms with van der Waals surface area (Å²) < 4.78 is 2.78. The maximum Gasteiger partial charge on any atom is 0.290 e. The number of hydrogen-bond donors (Lipinski definition) is 2. The van der Waals surface area contributed by atoms with Crippen molar-refractivity contribution in [3.63, 3.8) is 0 Å². The Hall–Kier alpha value is -3.98. The Bertz CT molecular complexity index is 1420. The zero-order valence-corrected chi connectivity index (χ0v) is 18.3. The first-order valence-corrected chi connectivity index (χ1v) is 10.0. The van der Waals surface area contributed by atoms with Crippen molar-refractivity contribution < 1.29 is 9.59 Å². The van der Waals surface area contributed by atoms with Gasteiger partial charge in [0.1, 0.15) is 0 Å². The number of carbonyl (C=O) groups excluding carboxylic acids is 2. The molecule has 0 bridgehead atoms. The number of benzene rings is 2. The van der Waals surface area contributed by atoms with Crippen LogP contribution in [0.4, 0.5) is 0 Å². The molecule has 0 atom stereocenters. The number of nitrogens with one attached hydrogen (secondary N) is 2. The predicted octanol–water partition coefficient (Wildman–Crippen LogP) is 2.46. The van der Waals surface area contributed by atoms with Gasteiger partial charge in [-0.25, -0.2) is 9.36 Å². The molecule has 10 heteroatoms. The molecule has 4 aromatic rings. The minimum Gasteiger partial charge on any atom is -0.267 e. The van der Waals surface area contributed by atoms with Crippen molar-refractivity contribution >= 4 is 34.2 Å². The Morgan fingerprint density at radius 2 is 1.53 bits per heavy atom. The number of hydrazine groups is 1. The molecule has 2 aromatic heterocycles. The highest BCUT2D eigenvalue weighted by Gasteiger charge is 2.17. The van der Waals surface area contributed by atoms with E-state index in [4.69, 9.17) is 11.6 Å². The van der Waals surface area contributed by atoms with E-state index >= 15 is 0 Å². The van der Waals surface area contributed by atoms with Gasteiger partial charge in [-0.2, -0.15) is 10.2 Å². The fourth-order valence-corrected chi connectivity index (χ4v) is 3.46. The highest BCUT2D eigenvalue weighted by molar-refractivity contribution is 6.31. The molecule has 0 saturated heterocycles. The maximum absolute atomic E-state index is 12.6. The zero-order chi connectivity index (χ0) is 23.0. The van der Waals surface area contributed by atoms with Crippen molar-refractivity contribution in [2.75, 3.05) is 0 Å². The Morgan fingerprint density at radius 3 is 2.16 bits per heavy atom. The molecule has 2 amide bonds. The average molecular weight is 451 g/mol. The van der Waals surface area contributed by atoms with Crippen LogP contribution in [0.2, 0.25) is 5.02 Å². The zero-order valence-electron chi connectivity index (χ0n) is 17.5. The molecule has 162 valence electrons. The number of aryl methyl sites for hydroxylation is 2. The summed E-state index contributed by atoms with van der Waals surface area (Å²) in [5, 5.41) is 9.77. The maximum atomic E-state index is 12.6. The summed E-state index contributed by atoms with van der Waals surface area (Å²) in [4.78, 5) is 37.3. The lowest BCUT2D eigenvalue weighted by Gasteiger charge is -2.10. The topological polar surface area (TPSA) is 111 Å². The Morgan fingerprint density at radius 1 is 0.906 bits per heavy atom. The molecule has 9 nitrogen and oxygen atoms in total. The largest absolute Gasteiger partial charge is 0.290 e. The van der Waals surface area contributed by atoms with Gasteiger partial charge >= 0.3 is 0 Å². The molecule has 32 heavy (non-hydrogen) atoms. The number of halogens is 1. The van der Waals surface area contributed by atoms with Crippen LogP contribution in [-0.2, 0) is 7.05 Å². The van der Waals surface area contributed by atoms with Crippen LogP contribution >= 0.6 is 11.6 Å². The number of fused-ring (bicyclic) bond motifs is 1. The second-order valence-electron chi connectivity index (χ2n) is 7.17. The highest BCUT2D eigenvalue weighted by atomic mass is 35.5. The molecule has 0 aliphatic rings. The van der Waals surface area contributed by atoms with Crippen LogP contribution < -0.4 is 16.4 Å². The molecule has 4 rings (SSSR count). The summed E-state index contributed by atoms with van der Waals surface area (Å²) in [5.41, 5.74) is 7.03. The standard InChI is InChI=1S/C22H19ClN6O3/c1-12-18(23)13(2)29(26-12)15-10-8-14(9-11-15)20(30)24-25-21(31)19-16-6-4-5-7-17(16)22(32)28(3)27-19/h4-11H,1-3H3,(H,24,30)(H,25,31). The van der Waals surface area contributed by atoms with Crippen LogP contribution in [0.25, 0.3) is 16.5 Å². The van der Waals surface area contributed by atoms with Crippen molar-refractivity contribution in [3.05, 3.63) is 86.6 Å². The summed E-state index contributed by atoms with van der Waals surface area (Å²) in [5.74, 6) is -1.15. The van der Waals surface area contributed by atoms with Crippen LogP contribution in [0.1, 0.15) is 32.2 Å². The van der Waals surface area contributed by atoms with Crippen LogP contribution in [-0.4, -0.2) is 31.4 Å². The van der Waals surface area contributed by atoms with Gasteiger partial charge in [0.05, 0.1) is 27.5 Å². The Balaban J connectivity index is 1.50. The van der Waals surface area contributed by atoms with Crippen LogP contribution in [0.5, 0.6) is 0 Å². The Kier molecular flexibility index (Phi) is 5.50. The minimum absolute atomic E-state index is 0.0275. The first kappa shape index (κ1) is 21.3. The first-order chi connectivity index (χ1) is 15.3. The third kappa shape index (κ3) is 3.74. The second kappa shape index (κ2) is 8.27. The van der Waals surface area contributed by atoms with E-state index in [1.54, 1.807) is 53.2 Å². The van der Waals surface area contributed by atoms with Gasteiger partial charge in [0.15, 0.2) is 5.69 Å².